The first kappa shape index (κ1) is 33.4. The topological polar surface area (TPSA) is 133 Å². The highest BCUT2D eigenvalue weighted by molar-refractivity contribution is 5.82. The molecular weight excluding hydrogens is 536 g/mol. The number of carboxylic acids is 2. The highest BCUT2D eigenvalue weighted by Crippen LogP contribution is 2.15. The number of benzene rings is 2. The van der Waals surface area contributed by atoms with Crippen molar-refractivity contribution < 1.29 is 50.9 Å². The van der Waals surface area contributed by atoms with Gasteiger partial charge in [0.1, 0.15) is 0 Å². The quantitative estimate of drug-likeness (QED) is 0.394. The third-order valence-electron chi connectivity index (χ3n) is 5.30. The van der Waals surface area contributed by atoms with E-state index in [0.29, 0.717) is 6.42 Å². The average Bonchev–Trinajstić information content (AvgIpc) is 2.86. The number of nitrogens with two attached hydrogens (primary N) is 1. The number of piperidine rings is 1. The fourth-order valence-corrected chi connectivity index (χ4v) is 3.35. The van der Waals surface area contributed by atoms with Gasteiger partial charge in [-0.3, -0.25) is 9.69 Å². The smallest absolute Gasteiger partial charge is 0.475 e. The van der Waals surface area contributed by atoms with Crippen LogP contribution in [0.5, 0.6) is 0 Å². The average molecular weight is 566 g/mol. The Morgan fingerprint density at radius 3 is 1.59 bits per heavy atom. The minimum atomic E-state index is -5.08. The summed E-state index contributed by atoms with van der Waals surface area (Å²) in [5.41, 5.74) is 8.52. The van der Waals surface area contributed by atoms with Crippen molar-refractivity contribution in [3.05, 3.63) is 71.8 Å². The van der Waals surface area contributed by atoms with Crippen molar-refractivity contribution in [1.29, 1.82) is 0 Å². The van der Waals surface area contributed by atoms with E-state index in [0.717, 1.165) is 38.0 Å². The van der Waals surface area contributed by atoms with Crippen LogP contribution in [-0.4, -0.2) is 70.5 Å². The largest absolute Gasteiger partial charge is 0.490 e. The molecule has 0 spiro atoms. The number of rotatable bonds is 6. The number of carboxylic acid groups (broad SMARTS) is 2. The van der Waals surface area contributed by atoms with Gasteiger partial charge in [0.25, 0.3) is 0 Å². The van der Waals surface area contributed by atoms with E-state index < -0.39 is 30.3 Å². The number of halogens is 6. The lowest BCUT2D eigenvalue weighted by Crippen LogP contribution is -2.50. The fraction of sp³-hybridized carbons (Fsp3) is 0.400. The summed E-state index contributed by atoms with van der Waals surface area (Å²) in [6.45, 7) is 3.00. The van der Waals surface area contributed by atoms with Gasteiger partial charge in [-0.05, 0) is 30.4 Å². The number of amides is 1. The molecule has 39 heavy (non-hydrogen) atoms. The molecule has 0 bridgehead atoms. The van der Waals surface area contributed by atoms with E-state index in [2.05, 4.69) is 34.5 Å². The van der Waals surface area contributed by atoms with E-state index in [9.17, 15) is 31.1 Å². The van der Waals surface area contributed by atoms with Gasteiger partial charge in [0.05, 0.1) is 6.04 Å². The molecule has 216 valence electrons. The second-order valence-corrected chi connectivity index (χ2v) is 8.45. The zero-order valence-electron chi connectivity index (χ0n) is 20.6. The van der Waals surface area contributed by atoms with Crippen LogP contribution in [0.1, 0.15) is 24.0 Å². The Labute approximate surface area is 220 Å². The van der Waals surface area contributed by atoms with E-state index in [1.54, 1.807) is 0 Å². The summed E-state index contributed by atoms with van der Waals surface area (Å²) in [6, 6.07) is 20.2. The van der Waals surface area contributed by atoms with Gasteiger partial charge in [-0.15, -0.1) is 0 Å². The van der Waals surface area contributed by atoms with Gasteiger partial charge in [0.15, 0.2) is 0 Å². The monoisotopic (exact) mass is 565 g/mol. The molecule has 14 heteroatoms. The molecule has 0 aliphatic carbocycles. The van der Waals surface area contributed by atoms with Crippen LogP contribution in [0.2, 0.25) is 0 Å². The molecular formula is C25H29F6N3O5. The van der Waals surface area contributed by atoms with Crippen LogP contribution in [0, 0.1) is 0 Å². The second-order valence-electron chi connectivity index (χ2n) is 8.45. The highest BCUT2D eigenvalue weighted by atomic mass is 19.4. The van der Waals surface area contributed by atoms with Crippen molar-refractivity contribution in [1.82, 2.24) is 10.2 Å². The Kier molecular flexibility index (Phi) is 13.4. The summed E-state index contributed by atoms with van der Waals surface area (Å²) in [5, 5.41) is 17.4. The van der Waals surface area contributed by atoms with Crippen LogP contribution in [-0.2, 0) is 27.3 Å². The maximum atomic E-state index is 12.3. The molecule has 2 aromatic carbocycles. The maximum absolute atomic E-state index is 12.3. The van der Waals surface area contributed by atoms with Crippen LogP contribution in [0.4, 0.5) is 26.3 Å². The lowest BCUT2D eigenvalue weighted by Gasteiger charge is -2.32. The third-order valence-corrected chi connectivity index (χ3v) is 5.30. The van der Waals surface area contributed by atoms with Crippen molar-refractivity contribution in [3.63, 3.8) is 0 Å². The first-order valence-corrected chi connectivity index (χ1v) is 11.6. The van der Waals surface area contributed by atoms with Gasteiger partial charge in [-0.1, -0.05) is 60.7 Å². The molecule has 1 atom stereocenters. The molecule has 5 N–H and O–H groups in total. The number of hydrogen-bond acceptors (Lipinski definition) is 5. The van der Waals surface area contributed by atoms with E-state index >= 15 is 0 Å². The fourth-order valence-electron chi connectivity index (χ4n) is 3.35. The first-order valence-electron chi connectivity index (χ1n) is 11.6. The highest BCUT2D eigenvalue weighted by Gasteiger charge is 2.38. The maximum Gasteiger partial charge on any atom is 0.490 e. The molecule has 0 saturated carbocycles. The number of carbonyl (C=O) groups excluding carboxylic acids is 1. The number of likely N-dealkylation sites (tertiary alicyclic amines) is 1. The number of nitrogens with zero attached hydrogens (tertiary/aromatic N) is 1. The van der Waals surface area contributed by atoms with Crippen molar-refractivity contribution >= 4 is 17.8 Å². The molecule has 1 fully saturated rings. The second kappa shape index (κ2) is 15.7. The Hall–Kier alpha value is -3.65. The summed E-state index contributed by atoms with van der Waals surface area (Å²) < 4.78 is 63.5. The number of aliphatic carboxylic acids is 2. The van der Waals surface area contributed by atoms with E-state index in [-0.39, 0.29) is 11.9 Å². The Balaban J connectivity index is 0.000000449. The van der Waals surface area contributed by atoms with Crippen LogP contribution in [0.25, 0.3) is 0 Å². The zero-order chi connectivity index (χ0) is 29.6. The summed E-state index contributed by atoms with van der Waals surface area (Å²) >= 11 is 0. The lowest BCUT2D eigenvalue weighted by molar-refractivity contribution is -0.193. The number of nitrogens with one attached hydrogen (secondary N) is 1. The van der Waals surface area contributed by atoms with Crippen molar-refractivity contribution in [3.8, 4) is 0 Å². The van der Waals surface area contributed by atoms with E-state index in [4.69, 9.17) is 25.5 Å². The molecule has 3 rings (SSSR count). The van der Waals surface area contributed by atoms with Gasteiger partial charge in [0, 0.05) is 25.7 Å². The molecule has 1 saturated heterocycles. The van der Waals surface area contributed by atoms with Crippen molar-refractivity contribution in [2.45, 2.75) is 50.2 Å². The number of hydrogen-bond donors (Lipinski definition) is 4. The summed E-state index contributed by atoms with van der Waals surface area (Å²) in [6.07, 6.45) is -7.62. The minimum absolute atomic E-state index is 0.0367. The predicted molar refractivity (Wildman–Crippen MR) is 128 cm³/mol. The van der Waals surface area contributed by atoms with Gasteiger partial charge in [0.2, 0.25) is 5.91 Å². The van der Waals surface area contributed by atoms with Gasteiger partial charge in [-0.2, -0.15) is 26.3 Å². The van der Waals surface area contributed by atoms with Crippen molar-refractivity contribution in [2.75, 3.05) is 13.1 Å². The number of alkyl halides is 6. The summed E-state index contributed by atoms with van der Waals surface area (Å²) in [7, 11) is 0. The molecule has 2 aromatic rings. The van der Waals surface area contributed by atoms with Crippen LogP contribution in [0.15, 0.2) is 60.7 Å². The van der Waals surface area contributed by atoms with Gasteiger partial charge < -0.3 is 21.3 Å². The molecule has 1 aliphatic rings. The summed E-state index contributed by atoms with van der Waals surface area (Å²) in [4.78, 5) is 32.6. The zero-order valence-corrected chi connectivity index (χ0v) is 20.6. The lowest BCUT2D eigenvalue weighted by atomic mass is 10.0. The Bertz CT molecular complexity index is 1000. The standard InChI is InChI=1S/C21H27N3O.2C2HF3O2/c22-20(15-17-7-3-1-4-8-17)21(25)23-19-11-13-24(14-12-19)16-18-9-5-2-6-10-18;2*3-2(4,5)1(6)7/h1-10,19-20H,11-16,22H2,(H,23,25);2*(H,6,7). The molecule has 8 nitrogen and oxygen atoms in total. The summed E-state index contributed by atoms with van der Waals surface area (Å²) in [5.74, 6) is -5.55. The molecule has 1 amide bonds. The number of carbonyl (C=O) groups is 3. The Morgan fingerprint density at radius 1 is 0.821 bits per heavy atom. The van der Waals surface area contributed by atoms with Crippen LogP contribution in [0.3, 0.4) is 0 Å². The van der Waals surface area contributed by atoms with Crippen molar-refractivity contribution in [2.24, 2.45) is 5.73 Å². The van der Waals surface area contributed by atoms with Gasteiger partial charge in [-0.25, -0.2) is 9.59 Å². The molecule has 1 aliphatic heterocycles. The normalized spacial score (nSPS) is 15.1. The SMILES string of the molecule is NC(Cc1ccccc1)C(=O)NC1CCN(Cc2ccccc2)CC1.O=C(O)C(F)(F)F.O=C(O)C(F)(F)F. The molecule has 1 heterocycles. The van der Waals surface area contributed by atoms with Crippen LogP contribution < -0.4 is 11.1 Å². The minimum Gasteiger partial charge on any atom is -0.475 e. The molecule has 1 unspecified atom stereocenters. The molecule has 0 aromatic heterocycles. The first-order chi connectivity index (χ1) is 18.1. The van der Waals surface area contributed by atoms with Gasteiger partial charge >= 0.3 is 24.3 Å². The predicted octanol–water partition coefficient (Wildman–Crippen LogP) is 3.60. The van der Waals surface area contributed by atoms with Crippen LogP contribution >= 0.6 is 0 Å². The molecule has 0 radical (unpaired) electrons. The van der Waals surface area contributed by atoms with E-state index in [1.165, 1.54) is 5.56 Å². The van der Waals surface area contributed by atoms with E-state index in [1.807, 2.05) is 36.4 Å². The Morgan fingerprint density at radius 2 is 1.21 bits per heavy atom. The third kappa shape index (κ3) is 14.2.